The van der Waals surface area contributed by atoms with E-state index < -0.39 is 5.82 Å². The van der Waals surface area contributed by atoms with Crippen molar-refractivity contribution in [2.45, 2.75) is 19.9 Å². The molecule has 0 unspecified atom stereocenters. The van der Waals surface area contributed by atoms with Gasteiger partial charge in [0.25, 0.3) is 0 Å². The Morgan fingerprint density at radius 1 is 1.40 bits per heavy atom. The van der Waals surface area contributed by atoms with Crippen molar-refractivity contribution in [3.05, 3.63) is 41.7 Å². The van der Waals surface area contributed by atoms with E-state index in [4.69, 9.17) is 5.11 Å². The molecule has 0 saturated carbocycles. The number of hydrogen-bond acceptors (Lipinski definition) is 2. The molecular formula is C12H16FNO. The van der Waals surface area contributed by atoms with Crippen molar-refractivity contribution in [2.24, 2.45) is 0 Å². The molecule has 0 bridgehead atoms. The van der Waals surface area contributed by atoms with Crippen LogP contribution in [0.2, 0.25) is 0 Å². The van der Waals surface area contributed by atoms with E-state index >= 15 is 0 Å². The number of benzene rings is 1. The van der Waals surface area contributed by atoms with Crippen LogP contribution >= 0.6 is 0 Å². The third kappa shape index (κ3) is 4.61. The number of rotatable bonds is 5. The second-order valence-corrected chi connectivity index (χ2v) is 3.35. The first kappa shape index (κ1) is 11.7. The highest BCUT2D eigenvalue weighted by Gasteiger charge is 1.98. The molecule has 0 atom stereocenters. The number of phenolic OH excluding ortho intramolecular Hbond substituents is 1. The highest BCUT2D eigenvalue weighted by Crippen LogP contribution is 2.14. The first-order valence-corrected chi connectivity index (χ1v) is 5.02. The zero-order chi connectivity index (χ0) is 11.1. The molecule has 0 saturated heterocycles. The van der Waals surface area contributed by atoms with Gasteiger partial charge < -0.3 is 10.4 Å². The van der Waals surface area contributed by atoms with Gasteiger partial charge in [-0.1, -0.05) is 12.2 Å². The standard InChI is InChI=1S/C12H16FNO/c1-2-3-4-5-14-9-10-6-11(13)8-12(15)7-10/h2-3,6-8,14-15H,4-5,9H2,1H3/b3-2+. The maximum Gasteiger partial charge on any atom is 0.127 e. The topological polar surface area (TPSA) is 32.3 Å². The molecule has 2 nitrogen and oxygen atoms in total. The maximum absolute atomic E-state index is 12.9. The van der Waals surface area contributed by atoms with Crippen LogP contribution in [0, 0.1) is 5.82 Å². The van der Waals surface area contributed by atoms with Gasteiger partial charge in [0.15, 0.2) is 0 Å². The monoisotopic (exact) mass is 209 g/mol. The van der Waals surface area contributed by atoms with Gasteiger partial charge >= 0.3 is 0 Å². The number of halogens is 1. The predicted molar refractivity (Wildman–Crippen MR) is 59.2 cm³/mol. The Labute approximate surface area is 89.4 Å². The second-order valence-electron chi connectivity index (χ2n) is 3.35. The molecule has 0 spiro atoms. The summed E-state index contributed by atoms with van der Waals surface area (Å²) in [5, 5.41) is 12.3. The number of allylic oxidation sites excluding steroid dienone is 1. The molecule has 1 rings (SSSR count). The first-order chi connectivity index (χ1) is 7.22. The van der Waals surface area contributed by atoms with Crippen LogP contribution in [-0.2, 0) is 6.54 Å². The van der Waals surface area contributed by atoms with E-state index in [9.17, 15) is 4.39 Å². The van der Waals surface area contributed by atoms with Gasteiger partial charge in [0.2, 0.25) is 0 Å². The van der Waals surface area contributed by atoms with Crippen LogP contribution in [0.15, 0.2) is 30.4 Å². The minimum atomic E-state index is -0.403. The van der Waals surface area contributed by atoms with Crippen molar-refractivity contribution in [1.29, 1.82) is 0 Å². The van der Waals surface area contributed by atoms with Gasteiger partial charge in [-0.15, -0.1) is 0 Å². The van der Waals surface area contributed by atoms with Crippen molar-refractivity contribution in [3.63, 3.8) is 0 Å². The van der Waals surface area contributed by atoms with Crippen molar-refractivity contribution in [3.8, 4) is 5.75 Å². The van der Waals surface area contributed by atoms with Crippen molar-refractivity contribution >= 4 is 0 Å². The fourth-order valence-corrected chi connectivity index (χ4v) is 1.32. The highest BCUT2D eigenvalue weighted by molar-refractivity contribution is 5.28. The van der Waals surface area contributed by atoms with E-state index in [1.54, 1.807) is 6.07 Å². The van der Waals surface area contributed by atoms with E-state index in [0.717, 1.165) is 24.6 Å². The summed E-state index contributed by atoms with van der Waals surface area (Å²) in [7, 11) is 0. The molecule has 82 valence electrons. The number of hydrogen-bond donors (Lipinski definition) is 2. The normalized spacial score (nSPS) is 11.1. The van der Waals surface area contributed by atoms with Gasteiger partial charge in [-0.05, 0) is 37.6 Å². The Morgan fingerprint density at radius 3 is 2.87 bits per heavy atom. The Morgan fingerprint density at radius 2 is 2.20 bits per heavy atom. The summed E-state index contributed by atoms with van der Waals surface area (Å²) in [6.07, 6.45) is 5.02. The molecule has 0 radical (unpaired) electrons. The van der Waals surface area contributed by atoms with Gasteiger partial charge in [-0.2, -0.15) is 0 Å². The quantitative estimate of drug-likeness (QED) is 0.577. The molecule has 0 amide bonds. The SMILES string of the molecule is C/C=C/CCNCc1cc(O)cc(F)c1. The lowest BCUT2D eigenvalue weighted by Gasteiger charge is -2.04. The van der Waals surface area contributed by atoms with Gasteiger partial charge in [0, 0.05) is 12.6 Å². The lowest BCUT2D eigenvalue weighted by atomic mass is 10.2. The zero-order valence-corrected chi connectivity index (χ0v) is 8.83. The van der Waals surface area contributed by atoms with Crippen LogP contribution in [-0.4, -0.2) is 11.7 Å². The number of nitrogens with one attached hydrogen (secondary N) is 1. The summed E-state index contributed by atoms with van der Waals surface area (Å²) in [6.45, 7) is 3.40. The van der Waals surface area contributed by atoms with Gasteiger partial charge in [-0.25, -0.2) is 4.39 Å². The minimum Gasteiger partial charge on any atom is -0.508 e. The fraction of sp³-hybridized carbons (Fsp3) is 0.333. The molecule has 0 aliphatic rings. The zero-order valence-electron chi connectivity index (χ0n) is 8.83. The molecule has 0 aromatic heterocycles. The van der Waals surface area contributed by atoms with Crippen molar-refractivity contribution in [2.75, 3.05) is 6.54 Å². The van der Waals surface area contributed by atoms with Crippen LogP contribution in [0.25, 0.3) is 0 Å². The average molecular weight is 209 g/mol. The average Bonchev–Trinajstić information content (AvgIpc) is 2.16. The summed E-state index contributed by atoms with van der Waals surface area (Å²) in [5.74, 6) is -0.430. The first-order valence-electron chi connectivity index (χ1n) is 5.02. The van der Waals surface area contributed by atoms with Crippen molar-refractivity contribution in [1.82, 2.24) is 5.32 Å². The number of phenols is 1. The third-order valence-electron chi connectivity index (χ3n) is 1.99. The van der Waals surface area contributed by atoms with Crippen LogP contribution in [0.5, 0.6) is 5.75 Å². The third-order valence-corrected chi connectivity index (χ3v) is 1.99. The maximum atomic E-state index is 12.9. The smallest absolute Gasteiger partial charge is 0.127 e. The Kier molecular flexibility index (Phi) is 4.84. The molecule has 2 N–H and O–H groups in total. The minimum absolute atomic E-state index is 0.0275. The Balaban J connectivity index is 2.37. The molecule has 0 heterocycles. The summed E-state index contributed by atoms with van der Waals surface area (Å²) >= 11 is 0. The molecule has 0 aliphatic heterocycles. The summed E-state index contributed by atoms with van der Waals surface area (Å²) < 4.78 is 12.9. The van der Waals surface area contributed by atoms with Crippen LogP contribution in [0.4, 0.5) is 4.39 Å². The molecule has 0 aliphatic carbocycles. The predicted octanol–water partition coefficient (Wildman–Crippen LogP) is 2.59. The summed E-state index contributed by atoms with van der Waals surface area (Å²) in [5.41, 5.74) is 0.757. The van der Waals surface area contributed by atoms with E-state index in [1.807, 2.05) is 13.0 Å². The molecule has 0 fully saturated rings. The highest BCUT2D eigenvalue weighted by atomic mass is 19.1. The van der Waals surface area contributed by atoms with E-state index in [-0.39, 0.29) is 5.75 Å². The van der Waals surface area contributed by atoms with Crippen LogP contribution in [0.3, 0.4) is 0 Å². The Bertz CT molecular complexity index is 316. The molecule has 1 aromatic carbocycles. The lowest BCUT2D eigenvalue weighted by molar-refractivity contribution is 0.467. The van der Waals surface area contributed by atoms with E-state index in [0.29, 0.717) is 6.54 Å². The molecule has 1 aromatic rings. The molecule has 3 heteroatoms. The van der Waals surface area contributed by atoms with Gasteiger partial charge in [0.05, 0.1) is 0 Å². The van der Waals surface area contributed by atoms with Gasteiger partial charge in [0.1, 0.15) is 11.6 Å². The van der Waals surface area contributed by atoms with E-state index in [2.05, 4.69) is 11.4 Å². The summed E-state index contributed by atoms with van der Waals surface area (Å²) in [4.78, 5) is 0. The largest absolute Gasteiger partial charge is 0.508 e. The number of aromatic hydroxyl groups is 1. The molecular weight excluding hydrogens is 193 g/mol. The Hall–Kier alpha value is -1.35. The molecule has 15 heavy (non-hydrogen) atoms. The fourth-order valence-electron chi connectivity index (χ4n) is 1.32. The van der Waals surface area contributed by atoms with Crippen LogP contribution in [0.1, 0.15) is 18.9 Å². The van der Waals surface area contributed by atoms with E-state index in [1.165, 1.54) is 6.07 Å². The lowest BCUT2D eigenvalue weighted by Crippen LogP contribution is -2.14. The van der Waals surface area contributed by atoms with Crippen molar-refractivity contribution < 1.29 is 9.50 Å². The van der Waals surface area contributed by atoms with Gasteiger partial charge in [-0.3, -0.25) is 0 Å². The summed E-state index contributed by atoms with van der Waals surface area (Å²) in [6, 6.07) is 4.08. The van der Waals surface area contributed by atoms with Crippen LogP contribution < -0.4 is 5.32 Å². The second kappa shape index (κ2) is 6.19.